The number of nitrogens with zero attached hydrogens (tertiary/aromatic N) is 3. The highest BCUT2D eigenvalue weighted by Gasteiger charge is 2.38. The Balaban J connectivity index is 0.966. The third-order valence-electron chi connectivity index (χ3n) is 13.9. The van der Waals surface area contributed by atoms with Crippen LogP contribution in [0.15, 0.2) is 224 Å². The van der Waals surface area contributed by atoms with Gasteiger partial charge in [0.1, 0.15) is 0 Å². The number of fused-ring (bicyclic) bond motifs is 11. The molecule has 12 aromatic rings. The smallest absolute Gasteiger partial charge is 0.0547 e. The minimum atomic E-state index is -0.192. The predicted molar refractivity (Wildman–Crippen MR) is 270 cm³/mol. The highest BCUT2D eigenvalue weighted by molar-refractivity contribution is 6.22. The number of hydrogen-bond donors (Lipinski definition) is 0. The Hall–Kier alpha value is -8.14. The fourth-order valence-electron chi connectivity index (χ4n) is 11.0. The van der Waals surface area contributed by atoms with Crippen LogP contribution in [0.2, 0.25) is 0 Å². The van der Waals surface area contributed by atoms with E-state index >= 15 is 0 Å². The Morgan fingerprint density at radius 3 is 1.67 bits per heavy atom. The van der Waals surface area contributed by atoms with E-state index in [4.69, 9.17) is 0 Å². The highest BCUT2D eigenvalue weighted by Crippen LogP contribution is 2.54. The molecule has 0 amide bonds. The summed E-state index contributed by atoms with van der Waals surface area (Å²) in [6.07, 6.45) is 0. The van der Waals surface area contributed by atoms with Crippen molar-refractivity contribution in [1.82, 2.24) is 9.13 Å². The van der Waals surface area contributed by atoms with Crippen molar-refractivity contribution < 1.29 is 0 Å². The van der Waals surface area contributed by atoms with Gasteiger partial charge in [0.15, 0.2) is 0 Å². The molecular formula is C61H43N3. The molecule has 10 aromatic carbocycles. The van der Waals surface area contributed by atoms with Crippen LogP contribution in [0.3, 0.4) is 0 Å². The summed E-state index contributed by atoms with van der Waals surface area (Å²) in [6.45, 7) is 4.75. The van der Waals surface area contributed by atoms with Gasteiger partial charge in [0.25, 0.3) is 0 Å². The van der Waals surface area contributed by atoms with Crippen LogP contribution in [0.25, 0.3) is 88.0 Å². The molecule has 302 valence electrons. The minimum absolute atomic E-state index is 0.192. The Kier molecular flexibility index (Phi) is 7.95. The predicted octanol–water partition coefficient (Wildman–Crippen LogP) is 16.5. The van der Waals surface area contributed by atoms with Crippen molar-refractivity contribution in [1.29, 1.82) is 0 Å². The molecule has 0 aliphatic heterocycles. The third-order valence-corrected chi connectivity index (χ3v) is 13.9. The van der Waals surface area contributed by atoms with Gasteiger partial charge in [0.05, 0.1) is 27.8 Å². The maximum absolute atomic E-state index is 2.47. The molecule has 2 aromatic heterocycles. The topological polar surface area (TPSA) is 13.1 Å². The normalized spacial score (nSPS) is 13.0. The Labute approximate surface area is 372 Å². The average Bonchev–Trinajstić information content (AvgIpc) is 3.95. The molecule has 1 aliphatic rings. The Morgan fingerprint density at radius 1 is 0.375 bits per heavy atom. The van der Waals surface area contributed by atoms with Crippen LogP contribution in [0, 0.1) is 0 Å². The van der Waals surface area contributed by atoms with Crippen molar-refractivity contribution in [3.8, 4) is 33.6 Å². The first-order valence-electron chi connectivity index (χ1n) is 22.3. The SMILES string of the molecule is CC1(C)c2ccccc2-c2cccc(N(c3ccc(-c4ccc5c(c4)c4c6ccccc6ccc4n5-c4ccccc4)cc3)c3ccc(-n4c5ccccc5c5ccccc54)cc3)c21. The van der Waals surface area contributed by atoms with Crippen LogP contribution in [0.5, 0.6) is 0 Å². The van der Waals surface area contributed by atoms with Gasteiger partial charge in [-0.25, -0.2) is 0 Å². The van der Waals surface area contributed by atoms with E-state index in [1.54, 1.807) is 0 Å². The van der Waals surface area contributed by atoms with Gasteiger partial charge in [0.2, 0.25) is 0 Å². The molecule has 1 aliphatic carbocycles. The Morgan fingerprint density at radius 2 is 0.922 bits per heavy atom. The van der Waals surface area contributed by atoms with Crippen LogP contribution in [-0.2, 0) is 5.41 Å². The van der Waals surface area contributed by atoms with Crippen LogP contribution in [0.4, 0.5) is 17.1 Å². The van der Waals surface area contributed by atoms with Crippen molar-refractivity contribution in [2.24, 2.45) is 0 Å². The molecule has 0 atom stereocenters. The van der Waals surface area contributed by atoms with Crippen LogP contribution in [-0.4, -0.2) is 9.13 Å². The first kappa shape index (κ1) is 36.5. The van der Waals surface area contributed by atoms with Gasteiger partial charge in [-0.1, -0.05) is 153 Å². The molecule has 64 heavy (non-hydrogen) atoms. The van der Waals surface area contributed by atoms with Crippen LogP contribution >= 0.6 is 0 Å². The van der Waals surface area contributed by atoms with Gasteiger partial charge in [-0.15, -0.1) is 0 Å². The van der Waals surface area contributed by atoms with E-state index in [1.807, 2.05) is 0 Å². The molecular weight excluding hydrogens is 775 g/mol. The van der Waals surface area contributed by atoms with Gasteiger partial charge in [-0.3, -0.25) is 0 Å². The van der Waals surface area contributed by atoms with Gasteiger partial charge < -0.3 is 14.0 Å². The van der Waals surface area contributed by atoms with Crippen LogP contribution < -0.4 is 4.90 Å². The monoisotopic (exact) mass is 817 g/mol. The largest absolute Gasteiger partial charge is 0.310 e. The molecule has 0 saturated heterocycles. The van der Waals surface area contributed by atoms with E-state index in [2.05, 4.69) is 252 Å². The van der Waals surface area contributed by atoms with Gasteiger partial charge in [-0.2, -0.15) is 0 Å². The lowest BCUT2D eigenvalue weighted by Gasteiger charge is -2.32. The number of para-hydroxylation sites is 3. The number of anilines is 3. The fraction of sp³-hybridized carbons (Fsp3) is 0.0492. The lowest BCUT2D eigenvalue weighted by Crippen LogP contribution is -2.20. The van der Waals surface area contributed by atoms with E-state index < -0.39 is 0 Å². The summed E-state index contributed by atoms with van der Waals surface area (Å²) >= 11 is 0. The summed E-state index contributed by atoms with van der Waals surface area (Å²) in [6, 6.07) is 82.6. The van der Waals surface area contributed by atoms with Crippen molar-refractivity contribution in [2.45, 2.75) is 19.3 Å². The lowest BCUT2D eigenvalue weighted by atomic mass is 9.81. The van der Waals surface area contributed by atoms with Crippen molar-refractivity contribution >= 4 is 71.4 Å². The summed E-state index contributed by atoms with van der Waals surface area (Å²) in [5, 5.41) is 7.59. The lowest BCUT2D eigenvalue weighted by molar-refractivity contribution is 0.661. The van der Waals surface area contributed by atoms with Gasteiger partial charge >= 0.3 is 0 Å². The van der Waals surface area contributed by atoms with Crippen molar-refractivity contribution in [2.75, 3.05) is 4.90 Å². The molecule has 0 spiro atoms. The van der Waals surface area contributed by atoms with E-state index in [1.165, 1.54) is 93.5 Å². The quantitative estimate of drug-likeness (QED) is 0.163. The number of aromatic nitrogens is 2. The summed E-state index contributed by atoms with van der Waals surface area (Å²) in [5.41, 5.74) is 18.1. The standard InChI is InChI=1S/C61H43N3/c1-61(2)53-23-11-8-19-48(53)51-22-14-26-58(60(51)61)62(45-33-35-46(36-34-45)63-54-24-12-9-20-49(54)50-21-10-13-25-55(50)63)44-31-27-40(28-32-44)42-30-37-56-52(39-42)59-47-18-7-6-15-41(47)29-38-57(59)64(56)43-16-4-3-5-17-43/h3-39H,1-2H3. The van der Waals surface area contributed by atoms with E-state index in [0.29, 0.717) is 0 Å². The molecule has 0 fully saturated rings. The van der Waals surface area contributed by atoms with E-state index in [-0.39, 0.29) is 5.41 Å². The maximum Gasteiger partial charge on any atom is 0.0547 e. The fourth-order valence-corrected chi connectivity index (χ4v) is 11.0. The second kappa shape index (κ2) is 13.9. The minimum Gasteiger partial charge on any atom is -0.310 e. The van der Waals surface area contributed by atoms with E-state index in [9.17, 15) is 0 Å². The van der Waals surface area contributed by atoms with Gasteiger partial charge in [-0.05, 0) is 129 Å². The molecule has 0 unspecified atom stereocenters. The molecule has 0 N–H and O–H groups in total. The van der Waals surface area contributed by atoms with Crippen molar-refractivity contribution in [3.05, 3.63) is 236 Å². The summed E-state index contributed by atoms with van der Waals surface area (Å²) in [5.74, 6) is 0. The van der Waals surface area contributed by atoms with Crippen molar-refractivity contribution in [3.63, 3.8) is 0 Å². The first-order valence-corrected chi connectivity index (χ1v) is 22.3. The second-order valence-electron chi connectivity index (χ2n) is 17.7. The average molecular weight is 818 g/mol. The van der Waals surface area contributed by atoms with E-state index in [0.717, 1.165) is 22.7 Å². The maximum atomic E-state index is 2.47. The second-order valence-corrected chi connectivity index (χ2v) is 17.7. The summed E-state index contributed by atoms with van der Waals surface area (Å²) in [4.78, 5) is 2.47. The van der Waals surface area contributed by atoms with Crippen LogP contribution in [0.1, 0.15) is 25.0 Å². The zero-order chi connectivity index (χ0) is 42.5. The molecule has 0 radical (unpaired) electrons. The molecule has 0 bridgehead atoms. The third kappa shape index (κ3) is 5.34. The summed E-state index contributed by atoms with van der Waals surface area (Å²) in [7, 11) is 0. The highest BCUT2D eigenvalue weighted by atomic mass is 15.1. The molecule has 3 heteroatoms. The molecule has 13 rings (SSSR count). The number of hydrogen-bond acceptors (Lipinski definition) is 1. The zero-order valence-corrected chi connectivity index (χ0v) is 35.7. The Bertz CT molecular complexity index is 3740. The molecule has 0 saturated carbocycles. The number of rotatable bonds is 6. The molecule has 2 heterocycles. The zero-order valence-electron chi connectivity index (χ0n) is 35.7. The molecule has 3 nitrogen and oxygen atoms in total. The first-order chi connectivity index (χ1) is 31.5. The van der Waals surface area contributed by atoms with Gasteiger partial charge in [0, 0.05) is 49.7 Å². The summed E-state index contributed by atoms with van der Waals surface area (Å²) < 4.78 is 4.80. The number of benzene rings is 10.